The van der Waals surface area contributed by atoms with Gasteiger partial charge in [0.25, 0.3) is 0 Å². The molecular formula is C14H21ClN2. The second-order valence-corrected chi connectivity index (χ2v) is 5.32. The van der Waals surface area contributed by atoms with Gasteiger partial charge in [-0.25, -0.2) is 0 Å². The Morgan fingerprint density at radius 1 is 1.47 bits per heavy atom. The molecule has 1 aliphatic rings. The second-order valence-electron chi connectivity index (χ2n) is 4.92. The van der Waals surface area contributed by atoms with Crippen molar-refractivity contribution in [3.8, 4) is 0 Å². The predicted molar refractivity (Wildman–Crippen MR) is 74.8 cm³/mol. The molecule has 0 aromatic heterocycles. The zero-order chi connectivity index (χ0) is 12.3. The summed E-state index contributed by atoms with van der Waals surface area (Å²) < 4.78 is 0. The molecule has 1 unspecified atom stereocenters. The first-order valence-corrected chi connectivity index (χ1v) is 6.80. The minimum atomic E-state index is 0.743. The Balaban J connectivity index is 2.13. The van der Waals surface area contributed by atoms with Crippen LogP contribution in [0.15, 0.2) is 18.2 Å². The van der Waals surface area contributed by atoms with Crippen LogP contribution in [-0.4, -0.2) is 19.6 Å². The van der Waals surface area contributed by atoms with Crippen LogP contribution >= 0.6 is 11.6 Å². The lowest BCUT2D eigenvalue weighted by molar-refractivity contribution is 0.396. The highest BCUT2D eigenvalue weighted by Crippen LogP contribution is 2.30. The van der Waals surface area contributed by atoms with E-state index in [1.54, 1.807) is 0 Å². The summed E-state index contributed by atoms with van der Waals surface area (Å²) in [4.78, 5) is 2.46. The van der Waals surface area contributed by atoms with Crippen LogP contribution in [0, 0.1) is 12.8 Å². The number of nitrogens with zero attached hydrogens (tertiary/aromatic N) is 1. The molecule has 0 amide bonds. The van der Waals surface area contributed by atoms with E-state index in [0.717, 1.165) is 37.0 Å². The quantitative estimate of drug-likeness (QED) is 0.895. The van der Waals surface area contributed by atoms with E-state index in [2.05, 4.69) is 17.9 Å². The third-order valence-corrected chi connectivity index (χ3v) is 4.08. The summed E-state index contributed by atoms with van der Waals surface area (Å²) in [7, 11) is 0. The van der Waals surface area contributed by atoms with Crippen molar-refractivity contribution in [3.63, 3.8) is 0 Å². The molecule has 1 atom stereocenters. The van der Waals surface area contributed by atoms with Crippen LogP contribution in [0.3, 0.4) is 0 Å². The molecular weight excluding hydrogens is 232 g/mol. The summed E-state index contributed by atoms with van der Waals surface area (Å²) in [6, 6.07) is 6.17. The Hall–Kier alpha value is -0.730. The van der Waals surface area contributed by atoms with Gasteiger partial charge >= 0.3 is 0 Å². The van der Waals surface area contributed by atoms with Gasteiger partial charge in [0.2, 0.25) is 0 Å². The standard InChI is InChI=1S/C14H21ClN2/c1-11-13(15)5-2-6-14(11)17-9-3-4-12(10-17)7-8-16/h2,5-6,12H,3-4,7-10,16H2,1H3. The van der Waals surface area contributed by atoms with Crippen LogP contribution in [0.4, 0.5) is 5.69 Å². The maximum atomic E-state index is 6.18. The van der Waals surface area contributed by atoms with Crippen LogP contribution in [-0.2, 0) is 0 Å². The fourth-order valence-corrected chi connectivity index (χ4v) is 2.86. The van der Waals surface area contributed by atoms with Crippen molar-refractivity contribution >= 4 is 17.3 Å². The van der Waals surface area contributed by atoms with Crippen LogP contribution in [0.25, 0.3) is 0 Å². The van der Waals surface area contributed by atoms with E-state index in [4.69, 9.17) is 17.3 Å². The zero-order valence-electron chi connectivity index (χ0n) is 10.5. The van der Waals surface area contributed by atoms with Gasteiger partial charge in [-0.15, -0.1) is 0 Å². The molecule has 0 radical (unpaired) electrons. The summed E-state index contributed by atoms with van der Waals surface area (Å²) in [6.07, 6.45) is 3.71. The van der Waals surface area contributed by atoms with Crippen LogP contribution in [0.1, 0.15) is 24.8 Å². The van der Waals surface area contributed by atoms with Crippen LogP contribution in [0.5, 0.6) is 0 Å². The minimum absolute atomic E-state index is 0.743. The van der Waals surface area contributed by atoms with Crippen molar-refractivity contribution in [1.29, 1.82) is 0 Å². The van der Waals surface area contributed by atoms with Gasteiger partial charge in [0, 0.05) is 23.8 Å². The van der Waals surface area contributed by atoms with Crippen molar-refractivity contribution < 1.29 is 0 Å². The van der Waals surface area contributed by atoms with Gasteiger partial charge in [0.15, 0.2) is 0 Å². The maximum absolute atomic E-state index is 6.18. The Morgan fingerprint density at radius 2 is 2.29 bits per heavy atom. The number of nitrogens with two attached hydrogens (primary N) is 1. The van der Waals surface area contributed by atoms with Gasteiger partial charge in [0.1, 0.15) is 0 Å². The molecule has 2 nitrogen and oxygen atoms in total. The molecule has 2 rings (SSSR count). The molecule has 1 aromatic carbocycles. The molecule has 0 spiro atoms. The van der Waals surface area contributed by atoms with E-state index in [1.165, 1.54) is 24.1 Å². The predicted octanol–water partition coefficient (Wildman–Crippen LogP) is 3.21. The van der Waals surface area contributed by atoms with Crippen molar-refractivity contribution in [2.45, 2.75) is 26.2 Å². The smallest absolute Gasteiger partial charge is 0.0455 e. The van der Waals surface area contributed by atoms with Gasteiger partial charge in [0.05, 0.1) is 0 Å². The highest BCUT2D eigenvalue weighted by molar-refractivity contribution is 6.31. The summed E-state index contributed by atoms with van der Waals surface area (Å²) in [5.41, 5.74) is 8.15. The number of anilines is 1. The summed E-state index contributed by atoms with van der Waals surface area (Å²) >= 11 is 6.18. The summed E-state index contributed by atoms with van der Waals surface area (Å²) in [5, 5.41) is 0.864. The van der Waals surface area contributed by atoms with E-state index in [9.17, 15) is 0 Å². The van der Waals surface area contributed by atoms with Gasteiger partial charge in [-0.3, -0.25) is 0 Å². The van der Waals surface area contributed by atoms with Crippen molar-refractivity contribution in [1.82, 2.24) is 0 Å². The minimum Gasteiger partial charge on any atom is -0.371 e. The fourth-order valence-electron chi connectivity index (χ4n) is 2.69. The molecule has 1 aliphatic heterocycles. The maximum Gasteiger partial charge on any atom is 0.0455 e. The Kier molecular flexibility index (Phi) is 4.30. The average molecular weight is 253 g/mol. The summed E-state index contributed by atoms with van der Waals surface area (Å²) in [5.74, 6) is 0.743. The Labute approximate surface area is 109 Å². The third kappa shape index (κ3) is 2.93. The molecule has 0 aliphatic carbocycles. The SMILES string of the molecule is Cc1c(Cl)cccc1N1CCCC(CCN)C1. The lowest BCUT2D eigenvalue weighted by Gasteiger charge is -2.35. The summed E-state index contributed by atoms with van der Waals surface area (Å²) in [6.45, 7) is 5.16. The topological polar surface area (TPSA) is 29.3 Å². The highest BCUT2D eigenvalue weighted by Gasteiger charge is 2.20. The van der Waals surface area contributed by atoms with E-state index in [0.29, 0.717) is 0 Å². The van der Waals surface area contributed by atoms with E-state index >= 15 is 0 Å². The molecule has 1 aromatic rings. The normalized spacial score (nSPS) is 20.6. The van der Waals surface area contributed by atoms with Gasteiger partial charge in [-0.1, -0.05) is 17.7 Å². The molecule has 1 heterocycles. The average Bonchev–Trinajstić information content (AvgIpc) is 2.33. The number of hydrogen-bond acceptors (Lipinski definition) is 2. The van der Waals surface area contributed by atoms with E-state index < -0.39 is 0 Å². The zero-order valence-corrected chi connectivity index (χ0v) is 11.2. The number of benzene rings is 1. The number of hydrogen-bond donors (Lipinski definition) is 1. The molecule has 0 bridgehead atoms. The van der Waals surface area contributed by atoms with Crippen molar-refractivity contribution in [2.75, 3.05) is 24.5 Å². The number of halogens is 1. The lowest BCUT2D eigenvalue weighted by atomic mass is 9.94. The Morgan fingerprint density at radius 3 is 3.06 bits per heavy atom. The fraction of sp³-hybridized carbons (Fsp3) is 0.571. The molecule has 3 heteroatoms. The van der Waals surface area contributed by atoms with Crippen molar-refractivity contribution in [2.24, 2.45) is 11.7 Å². The van der Waals surface area contributed by atoms with Crippen LogP contribution in [0.2, 0.25) is 5.02 Å². The van der Waals surface area contributed by atoms with Crippen molar-refractivity contribution in [3.05, 3.63) is 28.8 Å². The molecule has 94 valence electrons. The highest BCUT2D eigenvalue weighted by atomic mass is 35.5. The van der Waals surface area contributed by atoms with E-state index in [1.807, 2.05) is 12.1 Å². The molecule has 1 fully saturated rings. The first kappa shape index (κ1) is 12.7. The second kappa shape index (κ2) is 5.74. The molecule has 0 saturated carbocycles. The van der Waals surface area contributed by atoms with Gasteiger partial charge in [-0.05, 0) is 56.3 Å². The number of piperidine rings is 1. The van der Waals surface area contributed by atoms with Gasteiger partial charge in [-0.2, -0.15) is 0 Å². The number of rotatable bonds is 3. The van der Waals surface area contributed by atoms with E-state index in [-0.39, 0.29) is 0 Å². The first-order valence-electron chi connectivity index (χ1n) is 6.42. The third-order valence-electron chi connectivity index (χ3n) is 3.67. The lowest BCUT2D eigenvalue weighted by Crippen LogP contribution is -2.36. The van der Waals surface area contributed by atoms with Crippen LogP contribution < -0.4 is 10.6 Å². The molecule has 2 N–H and O–H groups in total. The first-order chi connectivity index (χ1) is 8.22. The monoisotopic (exact) mass is 252 g/mol. The molecule has 1 saturated heterocycles. The van der Waals surface area contributed by atoms with Gasteiger partial charge < -0.3 is 10.6 Å². The largest absolute Gasteiger partial charge is 0.371 e. The molecule has 17 heavy (non-hydrogen) atoms. The Bertz CT molecular complexity index is 376.